The van der Waals surface area contributed by atoms with Crippen LogP contribution in [0, 0.1) is 28.6 Å². The van der Waals surface area contributed by atoms with E-state index in [1.54, 1.807) is 0 Å². The molecule has 0 aliphatic heterocycles. The summed E-state index contributed by atoms with van der Waals surface area (Å²) in [6.07, 6.45) is 12.2. The summed E-state index contributed by atoms with van der Waals surface area (Å²) in [5, 5.41) is 9.49. The Balaban J connectivity index is 0.000000233. The summed E-state index contributed by atoms with van der Waals surface area (Å²) in [6, 6.07) is 8.70. The van der Waals surface area contributed by atoms with E-state index in [1.165, 1.54) is 56.9 Å². The third-order valence-corrected chi connectivity index (χ3v) is 8.57. The van der Waals surface area contributed by atoms with Gasteiger partial charge in [0.1, 0.15) is 5.75 Å². The van der Waals surface area contributed by atoms with Crippen LogP contribution >= 0.6 is 0 Å². The Morgan fingerprint density at radius 2 is 1.70 bits per heavy atom. The number of benzene rings is 1. The lowest BCUT2D eigenvalue weighted by molar-refractivity contribution is 0.0681. The molecule has 190 valence electrons. The van der Waals surface area contributed by atoms with E-state index in [2.05, 4.69) is 65.8 Å². The van der Waals surface area contributed by atoms with Gasteiger partial charge in [0.25, 0.3) is 0 Å². The van der Waals surface area contributed by atoms with E-state index >= 15 is 0 Å². The summed E-state index contributed by atoms with van der Waals surface area (Å²) in [6.45, 7) is 18.0. The Hall–Kier alpha value is -1.02. The third kappa shape index (κ3) is 7.23. The minimum absolute atomic E-state index is 0.294. The van der Waals surface area contributed by atoms with Gasteiger partial charge in [0.05, 0.1) is 6.10 Å². The van der Waals surface area contributed by atoms with Crippen molar-refractivity contribution in [3.63, 3.8) is 0 Å². The summed E-state index contributed by atoms with van der Waals surface area (Å²) in [4.78, 5) is 0. The number of aliphatic hydroxyl groups excluding tert-OH is 1. The molecular weight excluding hydrogens is 404 g/mol. The second-order valence-corrected chi connectivity index (χ2v) is 12.0. The number of hydrogen-bond acceptors (Lipinski definition) is 2. The van der Waals surface area contributed by atoms with Crippen molar-refractivity contribution in [1.82, 2.24) is 0 Å². The van der Waals surface area contributed by atoms with Crippen molar-refractivity contribution < 1.29 is 9.84 Å². The fourth-order valence-electron chi connectivity index (χ4n) is 6.85. The third-order valence-electron chi connectivity index (χ3n) is 8.57. The average molecular weight is 459 g/mol. The van der Waals surface area contributed by atoms with Crippen LogP contribution in [0.2, 0.25) is 0 Å². The largest absolute Gasteiger partial charge is 0.491 e. The van der Waals surface area contributed by atoms with Crippen LogP contribution in [0.15, 0.2) is 24.3 Å². The molecule has 1 aromatic rings. The average Bonchev–Trinajstić information content (AvgIpc) is 3.53. The van der Waals surface area contributed by atoms with Crippen LogP contribution in [0.3, 0.4) is 0 Å². The van der Waals surface area contributed by atoms with Gasteiger partial charge in [-0.3, -0.25) is 0 Å². The standard InChI is InChI=1S/C18H30O.C11H18O.C2H6/c1-7-14(3)19-17-11-9-16(10-12-17)15(8-2)13-18(4,5)6;12-7-11-5-4-8(6-11)9-2-1-3-10(9)11;1-2/h9-12,14-15H,7-8,13H2,1-6H3;8-10,12H,1-7H2;1-2H3. The van der Waals surface area contributed by atoms with Crippen LogP contribution in [0.25, 0.3) is 0 Å². The zero-order valence-electron chi connectivity index (χ0n) is 23.1. The van der Waals surface area contributed by atoms with Crippen LogP contribution in [0.5, 0.6) is 5.75 Å². The fourth-order valence-corrected chi connectivity index (χ4v) is 6.85. The molecule has 4 rings (SSSR count). The lowest BCUT2D eigenvalue weighted by Crippen LogP contribution is -2.30. The summed E-state index contributed by atoms with van der Waals surface area (Å²) in [5.41, 5.74) is 2.23. The summed E-state index contributed by atoms with van der Waals surface area (Å²) >= 11 is 0. The smallest absolute Gasteiger partial charge is 0.119 e. The quantitative estimate of drug-likeness (QED) is 0.441. The molecule has 3 aliphatic carbocycles. The lowest BCUT2D eigenvalue weighted by Gasteiger charge is -2.34. The number of rotatable bonds is 7. The molecule has 0 amide bonds. The molecular formula is C31H54O2. The molecule has 0 saturated heterocycles. The van der Waals surface area contributed by atoms with Crippen molar-refractivity contribution in [2.75, 3.05) is 6.61 Å². The summed E-state index contributed by atoms with van der Waals surface area (Å²) in [5.74, 6) is 4.58. The van der Waals surface area contributed by atoms with Crippen molar-refractivity contribution in [2.45, 2.75) is 125 Å². The summed E-state index contributed by atoms with van der Waals surface area (Å²) < 4.78 is 5.83. The Morgan fingerprint density at radius 3 is 2.24 bits per heavy atom. The molecule has 0 spiro atoms. The van der Waals surface area contributed by atoms with Gasteiger partial charge in [-0.2, -0.15) is 0 Å². The normalized spacial score (nSPS) is 29.3. The Labute approximate surface area is 205 Å². The molecule has 0 aromatic heterocycles. The van der Waals surface area contributed by atoms with Crippen molar-refractivity contribution in [3.05, 3.63) is 29.8 Å². The predicted octanol–water partition coefficient (Wildman–Crippen LogP) is 9.02. The topological polar surface area (TPSA) is 29.5 Å². The molecule has 0 radical (unpaired) electrons. The van der Waals surface area contributed by atoms with E-state index in [0.717, 1.165) is 29.9 Å². The molecule has 3 aliphatic rings. The van der Waals surface area contributed by atoms with Crippen LogP contribution in [-0.4, -0.2) is 17.8 Å². The molecule has 2 heteroatoms. The molecule has 2 bridgehead atoms. The number of ether oxygens (including phenoxy) is 1. The van der Waals surface area contributed by atoms with Crippen LogP contribution < -0.4 is 4.74 Å². The van der Waals surface area contributed by atoms with E-state index in [-0.39, 0.29) is 0 Å². The van der Waals surface area contributed by atoms with Crippen LogP contribution in [-0.2, 0) is 0 Å². The zero-order chi connectivity index (χ0) is 24.6. The minimum Gasteiger partial charge on any atom is -0.491 e. The molecule has 33 heavy (non-hydrogen) atoms. The SMILES string of the molecule is CC.CCC(C)Oc1ccc(C(CC)CC(C)(C)C)cc1.OCC12CCC(C1)C1CCCC12. The number of fused-ring (bicyclic) bond motifs is 5. The first kappa shape index (κ1) is 28.2. The van der Waals surface area contributed by atoms with Crippen molar-refractivity contribution in [3.8, 4) is 5.75 Å². The maximum absolute atomic E-state index is 9.49. The highest BCUT2D eigenvalue weighted by atomic mass is 16.5. The van der Waals surface area contributed by atoms with Gasteiger partial charge in [-0.25, -0.2) is 0 Å². The Morgan fingerprint density at radius 1 is 1.03 bits per heavy atom. The van der Waals surface area contributed by atoms with Gasteiger partial charge in [0.15, 0.2) is 0 Å². The van der Waals surface area contributed by atoms with Gasteiger partial charge in [-0.05, 0) is 110 Å². The molecule has 6 atom stereocenters. The predicted molar refractivity (Wildman–Crippen MR) is 143 cm³/mol. The van der Waals surface area contributed by atoms with Crippen molar-refractivity contribution in [1.29, 1.82) is 0 Å². The molecule has 2 nitrogen and oxygen atoms in total. The zero-order valence-corrected chi connectivity index (χ0v) is 23.1. The van der Waals surface area contributed by atoms with E-state index in [9.17, 15) is 5.11 Å². The summed E-state index contributed by atoms with van der Waals surface area (Å²) in [7, 11) is 0. The van der Waals surface area contributed by atoms with Gasteiger partial charge in [-0.1, -0.05) is 67.0 Å². The van der Waals surface area contributed by atoms with Gasteiger partial charge in [-0.15, -0.1) is 0 Å². The van der Waals surface area contributed by atoms with Gasteiger partial charge in [0, 0.05) is 6.61 Å². The second-order valence-electron chi connectivity index (χ2n) is 12.0. The monoisotopic (exact) mass is 458 g/mol. The molecule has 3 fully saturated rings. The van der Waals surface area contributed by atoms with Gasteiger partial charge >= 0.3 is 0 Å². The van der Waals surface area contributed by atoms with Gasteiger partial charge in [0.2, 0.25) is 0 Å². The molecule has 3 saturated carbocycles. The van der Waals surface area contributed by atoms with Crippen molar-refractivity contribution in [2.24, 2.45) is 28.6 Å². The first-order chi connectivity index (χ1) is 15.7. The lowest BCUT2D eigenvalue weighted by atomic mass is 9.72. The maximum Gasteiger partial charge on any atom is 0.119 e. The highest BCUT2D eigenvalue weighted by Gasteiger charge is 2.58. The minimum atomic E-state index is 0.294. The first-order valence-corrected chi connectivity index (χ1v) is 14.1. The van der Waals surface area contributed by atoms with E-state index < -0.39 is 0 Å². The highest BCUT2D eigenvalue weighted by molar-refractivity contribution is 5.29. The van der Waals surface area contributed by atoms with E-state index in [4.69, 9.17) is 4.74 Å². The van der Waals surface area contributed by atoms with E-state index in [0.29, 0.717) is 29.5 Å². The van der Waals surface area contributed by atoms with Crippen LogP contribution in [0.1, 0.15) is 125 Å². The van der Waals surface area contributed by atoms with Crippen molar-refractivity contribution >= 4 is 0 Å². The Kier molecular flexibility index (Phi) is 10.8. The van der Waals surface area contributed by atoms with Gasteiger partial charge < -0.3 is 9.84 Å². The van der Waals surface area contributed by atoms with E-state index in [1.807, 2.05) is 13.8 Å². The molecule has 1 aromatic carbocycles. The Bertz CT molecular complexity index is 673. The molecule has 6 unspecified atom stereocenters. The molecule has 1 N–H and O–H groups in total. The first-order valence-electron chi connectivity index (χ1n) is 14.1. The maximum atomic E-state index is 9.49. The molecule has 0 heterocycles. The number of aliphatic hydroxyl groups is 1. The van der Waals surface area contributed by atoms with Crippen LogP contribution in [0.4, 0.5) is 0 Å². The highest BCUT2D eigenvalue weighted by Crippen LogP contribution is 2.65. The number of hydrogen-bond donors (Lipinski definition) is 1. The fraction of sp³-hybridized carbons (Fsp3) is 0.806. The second kappa shape index (κ2) is 12.6.